The number of amides is 1. The van der Waals surface area contributed by atoms with Crippen LogP contribution in [0.25, 0.3) is 0 Å². The van der Waals surface area contributed by atoms with Crippen molar-refractivity contribution in [2.24, 2.45) is 0 Å². The van der Waals surface area contributed by atoms with Gasteiger partial charge < -0.3 is 9.32 Å². The molecule has 0 unspecified atom stereocenters. The fourth-order valence-electron chi connectivity index (χ4n) is 2.36. The van der Waals surface area contributed by atoms with Crippen molar-refractivity contribution in [3.8, 4) is 0 Å². The Balaban J connectivity index is 1.78. The third-order valence-electron chi connectivity index (χ3n) is 3.55. The van der Waals surface area contributed by atoms with E-state index in [4.69, 9.17) is 4.42 Å². The summed E-state index contributed by atoms with van der Waals surface area (Å²) in [6.45, 7) is 0.925. The van der Waals surface area contributed by atoms with Gasteiger partial charge in [0.05, 0.1) is 18.1 Å². The summed E-state index contributed by atoms with van der Waals surface area (Å²) >= 11 is 1.65. The summed E-state index contributed by atoms with van der Waals surface area (Å²) in [6, 6.07) is 11.9. The Labute approximate surface area is 138 Å². The van der Waals surface area contributed by atoms with Crippen molar-refractivity contribution in [1.82, 2.24) is 4.90 Å². The van der Waals surface area contributed by atoms with Crippen LogP contribution in [0.15, 0.2) is 64.8 Å². The van der Waals surface area contributed by atoms with Crippen LogP contribution in [-0.4, -0.2) is 17.4 Å². The lowest BCUT2D eigenvalue weighted by molar-refractivity contribution is 0.0740. The molecule has 5 heteroatoms. The van der Waals surface area contributed by atoms with Gasteiger partial charge in [-0.3, -0.25) is 4.79 Å². The zero-order chi connectivity index (χ0) is 16.1. The summed E-state index contributed by atoms with van der Waals surface area (Å²) in [5.41, 5.74) is 0.989. The lowest BCUT2D eigenvalue weighted by atomic mass is 10.1. The zero-order valence-corrected chi connectivity index (χ0v) is 13.3. The SMILES string of the molecule is O=C(c1ccccc1F)N(CCc1cccs1)Cc1ccoc1. The van der Waals surface area contributed by atoms with Crippen molar-refractivity contribution in [3.63, 3.8) is 0 Å². The van der Waals surface area contributed by atoms with E-state index in [0.29, 0.717) is 13.1 Å². The highest BCUT2D eigenvalue weighted by molar-refractivity contribution is 7.09. The van der Waals surface area contributed by atoms with Crippen LogP contribution < -0.4 is 0 Å². The minimum atomic E-state index is -0.495. The van der Waals surface area contributed by atoms with E-state index in [1.165, 1.54) is 17.0 Å². The van der Waals surface area contributed by atoms with Crippen molar-refractivity contribution in [3.05, 3.63) is 82.2 Å². The van der Waals surface area contributed by atoms with Gasteiger partial charge in [0.15, 0.2) is 0 Å². The van der Waals surface area contributed by atoms with Crippen molar-refractivity contribution in [2.75, 3.05) is 6.54 Å². The van der Waals surface area contributed by atoms with E-state index < -0.39 is 5.82 Å². The van der Waals surface area contributed by atoms with Crippen LogP contribution in [0.5, 0.6) is 0 Å². The van der Waals surface area contributed by atoms with E-state index in [2.05, 4.69) is 0 Å². The van der Waals surface area contributed by atoms with Gasteiger partial charge in [0.25, 0.3) is 5.91 Å². The maximum atomic E-state index is 13.9. The van der Waals surface area contributed by atoms with Gasteiger partial charge in [0.2, 0.25) is 0 Å². The largest absolute Gasteiger partial charge is 0.472 e. The first-order valence-electron chi connectivity index (χ1n) is 7.31. The van der Waals surface area contributed by atoms with Crippen molar-refractivity contribution < 1.29 is 13.6 Å². The number of carbonyl (C=O) groups excluding carboxylic acids is 1. The molecule has 118 valence electrons. The average Bonchev–Trinajstić information content (AvgIpc) is 3.25. The Hall–Kier alpha value is -2.40. The fourth-order valence-corrected chi connectivity index (χ4v) is 3.06. The minimum Gasteiger partial charge on any atom is -0.472 e. The molecule has 0 aliphatic rings. The van der Waals surface area contributed by atoms with Gasteiger partial charge in [-0.05, 0) is 36.1 Å². The fraction of sp³-hybridized carbons (Fsp3) is 0.167. The van der Waals surface area contributed by atoms with Crippen LogP contribution >= 0.6 is 11.3 Å². The molecule has 0 radical (unpaired) electrons. The number of nitrogens with zero attached hydrogens (tertiary/aromatic N) is 1. The van der Waals surface area contributed by atoms with Gasteiger partial charge in [0.1, 0.15) is 5.82 Å². The van der Waals surface area contributed by atoms with Gasteiger partial charge in [-0.1, -0.05) is 18.2 Å². The highest BCUT2D eigenvalue weighted by atomic mass is 32.1. The molecule has 2 heterocycles. The Morgan fingerprint density at radius 1 is 1.17 bits per heavy atom. The molecule has 23 heavy (non-hydrogen) atoms. The third kappa shape index (κ3) is 3.87. The molecule has 0 aliphatic heterocycles. The summed E-state index contributed by atoms with van der Waals surface area (Å²) in [6.07, 6.45) is 3.92. The molecule has 0 fully saturated rings. The van der Waals surface area contributed by atoms with E-state index in [1.807, 2.05) is 23.6 Å². The van der Waals surface area contributed by atoms with Crippen LogP contribution in [0, 0.1) is 5.82 Å². The van der Waals surface area contributed by atoms with Crippen LogP contribution in [0.3, 0.4) is 0 Å². The number of hydrogen-bond acceptors (Lipinski definition) is 3. The highest BCUT2D eigenvalue weighted by Gasteiger charge is 2.19. The van der Waals surface area contributed by atoms with Crippen molar-refractivity contribution in [2.45, 2.75) is 13.0 Å². The number of rotatable bonds is 6. The second-order valence-electron chi connectivity index (χ2n) is 5.17. The molecule has 0 spiro atoms. The Morgan fingerprint density at radius 2 is 2.04 bits per heavy atom. The van der Waals surface area contributed by atoms with E-state index >= 15 is 0 Å². The van der Waals surface area contributed by atoms with Gasteiger partial charge in [-0.2, -0.15) is 0 Å². The maximum absolute atomic E-state index is 13.9. The Kier molecular flexibility index (Phi) is 4.88. The predicted octanol–water partition coefficient (Wildman–Crippen LogP) is 4.37. The minimum absolute atomic E-state index is 0.0992. The molecule has 0 saturated carbocycles. The second-order valence-corrected chi connectivity index (χ2v) is 6.20. The number of furan rings is 1. The van der Waals surface area contributed by atoms with E-state index in [9.17, 15) is 9.18 Å². The molecular weight excluding hydrogens is 313 g/mol. The predicted molar refractivity (Wildman–Crippen MR) is 87.9 cm³/mol. The van der Waals surface area contributed by atoms with E-state index in [-0.39, 0.29) is 11.5 Å². The molecule has 2 aromatic heterocycles. The molecule has 0 bridgehead atoms. The Morgan fingerprint density at radius 3 is 2.74 bits per heavy atom. The molecule has 3 rings (SSSR count). The standard InChI is InChI=1S/C18H16FNO2S/c19-17-6-2-1-5-16(17)18(21)20(12-14-8-10-22-13-14)9-7-15-4-3-11-23-15/h1-6,8,10-11,13H,7,9,12H2. The van der Waals surface area contributed by atoms with E-state index in [1.54, 1.807) is 40.9 Å². The summed E-state index contributed by atoms with van der Waals surface area (Å²) < 4.78 is 19.0. The van der Waals surface area contributed by atoms with Crippen LogP contribution in [0.4, 0.5) is 4.39 Å². The second kappa shape index (κ2) is 7.24. The van der Waals surface area contributed by atoms with Crippen LogP contribution in [0.1, 0.15) is 20.8 Å². The molecule has 1 aromatic carbocycles. The molecule has 0 aliphatic carbocycles. The highest BCUT2D eigenvalue weighted by Crippen LogP contribution is 2.16. The monoisotopic (exact) mass is 329 g/mol. The normalized spacial score (nSPS) is 10.7. The van der Waals surface area contributed by atoms with Crippen molar-refractivity contribution in [1.29, 1.82) is 0 Å². The maximum Gasteiger partial charge on any atom is 0.257 e. The van der Waals surface area contributed by atoms with Gasteiger partial charge in [0, 0.05) is 23.5 Å². The van der Waals surface area contributed by atoms with Crippen LogP contribution in [0.2, 0.25) is 0 Å². The first kappa shape index (κ1) is 15.5. The van der Waals surface area contributed by atoms with E-state index in [0.717, 1.165) is 12.0 Å². The number of thiophene rings is 1. The Bertz CT molecular complexity index is 753. The molecule has 0 N–H and O–H groups in total. The molecule has 3 nitrogen and oxygen atoms in total. The van der Waals surface area contributed by atoms with Crippen molar-refractivity contribution >= 4 is 17.2 Å². The average molecular weight is 329 g/mol. The summed E-state index contributed by atoms with van der Waals surface area (Å²) in [4.78, 5) is 15.6. The lowest BCUT2D eigenvalue weighted by Gasteiger charge is -2.22. The molecule has 3 aromatic rings. The lowest BCUT2D eigenvalue weighted by Crippen LogP contribution is -2.32. The number of carbonyl (C=O) groups is 1. The number of hydrogen-bond donors (Lipinski definition) is 0. The molecule has 1 amide bonds. The first-order chi connectivity index (χ1) is 11.2. The first-order valence-corrected chi connectivity index (χ1v) is 8.19. The summed E-state index contributed by atoms with van der Waals surface area (Å²) in [5, 5.41) is 2.01. The molecule has 0 saturated heterocycles. The smallest absolute Gasteiger partial charge is 0.257 e. The van der Waals surface area contributed by atoms with Crippen LogP contribution in [-0.2, 0) is 13.0 Å². The summed E-state index contributed by atoms with van der Waals surface area (Å²) in [7, 11) is 0. The summed E-state index contributed by atoms with van der Waals surface area (Å²) in [5.74, 6) is -0.799. The third-order valence-corrected chi connectivity index (χ3v) is 4.49. The topological polar surface area (TPSA) is 33.5 Å². The quantitative estimate of drug-likeness (QED) is 0.673. The number of halogens is 1. The van der Waals surface area contributed by atoms with Gasteiger partial charge >= 0.3 is 0 Å². The molecule has 0 atom stereocenters. The molecular formula is C18H16FNO2S. The number of benzene rings is 1. The van der Waals surface area contributed by atoms with Gasteiger partial charge in [-0.25, -0.2) is 4.39 Å². The van der Waals surface area contributed by atoms with Gasteiger partial charge in [-0.15, -0.1) is 11.3 Å². The zero-order valence-electron chi connectivity index (χ0n) is 12.4.